The summed E-state index contributed by atoms with van der Waals surface area (Å²) < 4.78 is 5.30. The summed E-state index contributed by atoms with van der Waals surface area (Å²) in [6.45, 7) is 11.0. The normalized spacial score (nSPS) is 15.1. The second-order valence-corrected chi connectivity index (χ2v) is 5.25. The molecule has 18 heavy (non-hydrogen) atoms. The van der Waals surface area contributed by atoms with Crippen LogP contribution in [0.3, 0.4) is 0 Å². The van der Waals surface area contributed by atoms with E-state index in [1.165, 1.54) is 0 Å². The van der Waals surface area contributed by atoms with Gasteiger partial charge in [-0.05, 0) is 41.2 Å². The monoisotopic (exact) mass is 259 g/mol. The SMILES string of the molecule is CCOCCN(C)CCC(C)(NC(C)C)C(N)=O. The zero-order valence-corrected chi connectivity index (χ0v) is 12.5. The van der Waals surface area contributed by atoms with Gasteiger partial charge in [0, 0.05) is 25.7 Å². The van der Waals surface area contributed by atoms with Gasteiger partial charge in [0.15, 0.2) is 0 Å². The second-order valence-electron chi connectivity index (χ2n) is 5.25. The van der Waals surface area contributed by atoms with Gasteiger partial charge in [-0.1, -0.05) is 0 Å². The van der Waals surface area contributed by atoms with Crippen LogP contribution in [0.5, 0.6) is 0 Å². The van der Waals surface area contributed by atoms with Crippen LogP contribution < -0.4 is 11.1 Å². The molecule has 108 valence electrons. The Kier molecular flexibility index (Phi) is 8.15. The highest BCUT2D eigenvalue weighted by Crippen LogP contribution is 2.11. The Morgan fingerprint density at radius 3 is 2.50 bits per heavy atom. The maximum Gasteiger partial charge on any atom is 0.237 e. The van der Waals surface area contributed by atoms with Crippen molar-refractivity contribution in [3.63, 3.8) is 0 Å². The van der Waals surface area contributed by atoms with Gasteiger partial charge in [0.05, 0.1) is 12.1 Å². The van der Waals surface area contributed by atoms with Crippen LogP contribution in [0.25, 0.3) is 0 Å². The van der Waals surface area contributed by atoms with Crippen molar-refractivity contribution in [3.8, 4) is 0 Å². The molecule has 1 atom stereocenters. The number of ether oxygens (including phenoxy) is 1. The van der Waals surface area contributed by atoms with Crippen LogP contribution in [0, 0.1) is 0 Å². The number of hydrogen-bond donors (Lipinski definition) is 2. The fourth-order valence-electron chi connectivity index (χ4n) is 1.79. The summed E-state index contributed by atoms with van der Waals surface area (Å²) in [4.78, 5) is 13.7. The molecule has 5 nitrogen and oxygen atoms in total. The maximum absolute atomic E-state index is 11.5. The predicted molar refractivity (Wildman–Crippen MR) is 74.5 cm³/mol. The van der Waals surface area contributed by atoms with Gasteiger partial charge in [0.25, 0.3) is 0 Å². The minimum Gasteiger partial charge on any atom is -0.380 e. The first-order chi connectivity index (χ1) is 8.31. The lowest BCUT2D eigenvalue weighted by Crippen LogP contribution is -2.56. The van der Waals surface area contributed by atoms with E-state index in [1.807, 2.05) is 34.7 Å². The van der Waals surface area contributed by atoms with Crippen molar-refractivity contribution >= 4 is 5.91 Å². The summed E-state index contributed by atoms with van der Waals surface area (Å²) in [5, 5.41) is 3.25. The van der Waals surface area contributed by atoms with E-state index in [9.17, 15) is 4.79 Å². The molecule has 0 saturated heterocycles. The van der Waals surface area contributed by atoms with Crippen molar-refractivity contribution in [1.82, 2.24) is 10.2 Å². The summed E-state index contributed by atoms with van der Waals surface area (Å²) in [6, 6.07) is 0.233. The van der Waals surface area contributed by atoms with Crippen molar-refractivity contribution < 1.29 is 9.53 Å². The molecule has 0 aromatic carbocycles. The van der Waals surface area contributed by atoms with E-state index >= 15 is 0 Å². The molecule has 0 aliphatic rings. The van der Waals surface area contributed by atoms with E-state index in [2.05, 4.69) is 10.2 Å². The third kappa shape index (κ3) is 6.93. The highest BCUT2D eigenvalue weighted by Gasteiger charge is 2.31. The average Bonchev–Trinajstić information content (AvgIpc) is 2.25. The summed E-state index contributed by atoms with van der Waals surface area (Å²) in [5.74, 6) is -0.297. The lowest BCUT2D eigenvalue weighted by Gasteiger charge is -2.31. The van der Waals surface area contributed by atoms with Crippen LogP contribution in [0.4, 0.5) is 0 Å². The van der Waals surface area contributed by atoms with Gasteiger partial charge < -0.3 is 20.7 Å². The molecule has 1 unspecified atom stereocenters. The van der Waals surface area contributed by atoms with Crippen LogP contribution in [-0.4, -0.2) is 55.7 Å². The number of nitrogens with one attached hydrogen (secondary N) is 1. The molecule has 0 radical (unpaired) electrons. The number of hydrogen-bond acceptors (Lipinski definition) is 4. The van der Waals surface area contributed by atoms with Gasteiger partial charge in [0.2, 0.25) is 5.91 Å². The molecule has 0 spiro atoms. The molecule has 0 aliphatic carbocycles. The Bertz CT molecular complexity index is 246. The smallest absolute Gasteiger partial charge is 0.237 e. The first-order valence-corrected chi connectivity index (χ1v) is 6.65. The van der Waals surface area contributed by atoms with Gasteiger partial charge in [-0.3, -0.25) is 4.79 Å². The Labute approximate surface area is 111 Å². The van der Waals surface area contributed by atoms with Crippen LogP contribution in [-0.2, 0) is 9.53 Å². The Morgan fingerprint density at radius 2 is 2.06 bits per heavy atom. The van der Waals surface area contributed by atoms with Crippen molar-refractivity contribution in [2.24, 2.45) is 5.73 Å². The number of carbonyl (C=O) groups is 1. The quantitative estimate of drug-likeness (QED) is 0.563. The Morgan fingerprint density at radius 1 is 1.44 bits per heavy atom. The van der Waals surface area contributed by atoms with E-state index in [0.717, 1.165) is 26.3 Å². The van der Waals surface area contributed by atoms with Crippen molar-refractivity contribution in [1.29, 1.82) is 0 Å². The number of carbonyl (C=O) groups excluding carboxylic acids is 1. The average molecular weight is 259 g/mol. The number of nitrogens with zero attached hydrogens (tertiary/aromatic N) is 1. The molecule has 0 heterocycles. The Hall–Kier alpha value is -0.650. The minimum atomic E-state index is -0.645. The standard InChI is InChI=1S/C13H29N3O2/c1-6-18-10-9-16(5)8-7-13(4,12(14)17)15-11(2)3/h11,15H,6-10H2,1-5H3,(H2,14,17). The number of likely N-dealkylation sites (N-methyl/N-ethyl adjacent to an activating group) is 1. The first kappa shape index (κ1) is 17.4. The topological polar surface area (TPSA) is 67.6 Å². The van der Waals surface area contributed by atoms with Gasteiger partial charge in [-0.15, -0.1) is 0 Å². The van der Waals surface area contributed by atoms with Gasteiger partial charge in [-0.2, -0.15) is 0 Å². The fraction of sp³-hybridized carbons (Fsp3) is 0.923. The molecule has 0 aromatic heterocycles. The van der Waals surface area contributed by atoms with Crippen LogP contribution in [0.15, 0.2) is 0 Å². The lowest BCUT2D eigenvalue weighted by molar-refractivity contribution is -0.124. The third-order valence-corrected chi connectivity index (χ3v) is 2.97. The number of primary amides is 1. The number of amides is 1. The van der Waals surface area contributed by atoms with Gasteiger partial charge in [0.1, 0.15) is 0 Å². The van der Waals surface area contributed by atoms with E-state index in [-0.39, 0.29) is 11.9 Å². The molecule has 3 N–H and O–H groups in total. The predicted octanol–water partition coefficient (Wildman–Crippen LogP) is 0.587. The van der Waals surface area contributed by atoms with Crippen molar-refractivity contribution in [2.75, 3.05) is 33.4 Å². The fourth-order valence-corrected chi connectivity index (χ4v) is 1.79. The van der Waals surface area contributed by atoms with E-state index in [4.69, 9.17) is 10.5 Å². The van der Waals surface area contributed by atoms with Crippen molar-refractivity contribution in [3.05, 3.63) is 0 Å². The lowest BCUT2D eigenvalue weighted by atomic mass is 9.95. The minimum absolute atomic E-state index is 0.233. The molecule has 1 amide bonds. The molecule has 0 saturated carbocycles. The van der Waals surface area contributed by atoms with Crippen molar-refractivity contribution in [2.45, 2.75) is 45.7 Å². The summed E-state index contributed by atoms with van der Waals surface area (Å²) in [6.07, 6.45) is 0.698. The highest BCUT2D eigenvalue weighted by atomic mass is 16.5. The Balaban J connectivity index is 4.14. The molecule has 0 bridgehead atoms. The van der Waals surface area contributed by atoms with Crippen LogP contribution >= 0.6 is 0 Å². The summed E-state index contributed by atoms with van der Waals surface area (Å²) >= 11 is 0. The summed E-state index contributed by atoms with van der Waals surface area (Å²) in [5.41, 5.74) is 4.84. The molecular formula is C13H29N3O2. The van der Waals surface area contributed by atoms with Crippen LogP contribution in [0.1, 0.15) is 34.1 Å². The molecule has 0 fully saturated rings. The largest absolute Gasteiger partial charge is 0.380 e. The maximum atomic E-state index is 11.5. The number of rotatable bonds is 10. The molecule has 0 aliphatic heterocycles. The molecule has 0 aromatic rings. The highest BCUT2D eigenvalue weighted by molar-refractivity contribution is 5.84. The zero-order chi connectivity index (χ0) is 14.2. The van der Waals surface area contributed by atoms with Gasteiger partial charge in [-0.25, -0.2) is 0 Å². The van der Waals surface area contributed by atoms with E-state index < -0.39 is 5.54 Å². The number of nitrogens with two attached hydrogens (primary N) is 1. The van der Waals surface area contributed by atoms with Crippen LogP contribution in [0.2, 0.25) is 0 Å². The molecule has 5 heteroatoms. The second kappa shape index (κ2) is 8.45. The third-order valence-electron chi connectivity index (χ3n) is 2.97. The van der Waals surface area contributed by atoms with E-state index in [1.54, 1.807) is 0 Å². The zero-order valence-electron chi connectivity index (χ0n) is 12.5. The molecule has 0 rings (SSSR count). The summed E-state index contributed by atoms with van der Waals surface area (Å²) in [7, 11) is 2.02. The first-order valence-electron chi connectivity index (χ1n) is 6.65. The van der Waals surface area contributed by atoms with Gasteiger partial charge >= 0.3 is 0 Å². The molecular weight excluding hydrogens is 230 g/mol. The van der Waals surface area contributed by atoms with E-state index in [0.29, 0.717) is 6.42 Å².